The van der Waals surface area contributed by atoms with Gasteiger partial charge in [-0.1, -0.05) is 48.5 Å². The summed E-state index contributed by atoms with van der Waals surface area (Å²) >= 11 is 0. The van der Waals surface area contributed by atoms with E-state index in [1.54, 1.807) is 24.3 Å². The highest BCUT2D eigenvalue weighted by Crippen LogP contribution is 2.26. The first-order valence-corrected chi connectivity index (χ1v) is 9.53. The van der Waals surface area contributed by atoms with Gasteiger partial charge in [-0.05, 0) is 37.0 Å². The Labute approximate surface area is 165 Å². The smallest absolute Gasteiger partial charge is 0.262 e. The van der Waals surface area contributed by atoms with Crippen LogP contribution in [0.5, 0.6) is 0 Å². The largest absolute Gasteiger partial charge is 0.354 e. The molecule has 28 heavy (non-hydrogen) atoms. The van der Waals surface area contributed by atoms with Crippen LogP contribution < -0.4 is 5.32 Å². The summed E-state index contributed by atoms with van der Waals surface area (Å²) in [6.07, 6.45) is 4.77. The second-order valence-electron chi connectivity index (χ2n) is 6.81. The van der Waals surface area contributed by atoms with Gasteiger partial charge < -0.3 is 5.32 Å². The summed E-state index contributed by atoms with van der Waals surface area (Å²) in [5.74, 6) is -1.14. The number of fused-ring (bicyclic) bond motifs is 1. The standard InChI is InChI=1S/C23H24N2O3/c1-2-3-4-10-15-24-21(26)20(16-17-11-6-5-7-12-17)25-22(27)18-13-8-9-14-19(18)23(25)28/h2,5-9,11-14,20H,1,3-4,10,15-16H2,(H,24,26). The Morgan fingerprint density at radius 3 is 2.18 bits per heavy atom. The first kappa shape index (κ1) is 19.5. The molecule has 1 aliphatic rings. The van der Waals surface area contributed by atoms with E-state index in [2.05, 4.69) is 11.9 Å². The van der Waals surface area contributed by atoms with Gasteiger partial charge >= 0.3 is 0 Å². The number of rotatable bonds is 9. The first-order chi connectivity index (χ1) is 13.6. The molecule has 0 spiro atoms. The number of allylic oxidation sites excluding steroid dienone is 1. The summed E-state index contributed by atoms with van der Waals surface area (Å²) in [5.41, 5.74) is 1.60. The zero-order valence-electron chi connectivity index (χ0n) is 15.8. The summed E-state index contributed by atoms with van der Waals surface area (Å²) in [6.45, 7) is 4.19. The van der Waals surface area contributed by atoms with Gasteiger partial charge in [-0.25, -0.2) is 0 Å². The molecule has 0 aliphatic carbocycles. The highest BCUT2D eigenvalue weighted by Gasteiger charge is 2.42. The molecule has 0 aromatic heterocycles. The molecular formula is C23H24N2O3. The predicted molar refractivity (Wildman–Crippen MR) is 108 cm³/mol. The van der Waals surface area contributed by atoms with Gasteiger partial charge in [0.25, 0.3) is 11.8 Å². The van der Waals surface area contributed by atoms with Crippen molar-refractivity contribution in [3.8, 4) is 0 Å². The Bertz CT molecular complexity index is 841. The van der Waals surface area contributed by atoms with Crippen LogP contribution in [0, 0.1) is 0 Å². The lowest BCUT2D eigenvalue weighted by Gasteiger charge is -2.25. The monoisotopic (exact) mass is 376 g/mol. The molecule has 5 nitrogen and oxygen atoms in total. The van der Waals surface area contributed by atoms with E-state index in [9.17, 15) is 14.4 Å². The summed E-state index contributed by atoms with van der Waals surface area (Å²) in [6, 6.07) is 15.2. The first-order valence-electron chi connectivity index (χ1n) is 9.53. The van der Waals surface area contributed by atoms with Crippen molar-refractivity contribution in [2.24, 2.45) is 0 Å². The topological polar surface area (TPSA) is 66.5 Å². The number of carbonyl (C=O) groups excluding carboxylic acids is 3. The molecule has 0 saturated carbocycles. The fourth-order valence-electron chi connectivity index (χ4n) is 3.37. The van der Waals surface area contributed by atoms with E-state index in [1.807, 2.05) is 36.4 Å². The van der Waals surface area contributed by atoms with Crippen LogP contribution >= 0.6 is 0 Å². The lowest BCUT2D eigenvalue weighted by molar-refractivity contribution is -0.125. The normalized spacial score (nSPS) is 13.9. The Balaban J connectivity index is 1.80. The molecule has 2 aromatic carbocycles. The lowest BCUT2D eigenvalue weighted by atomic mass is 10.0. The number of unbranched alkanes of at least 4 members (excludes halogenated alkanes) is 2. The van der Waals surface area contributed by atoms with Gasteiger partial charge in [0.15, 0.2) is 0 Å². The number of benzene rings is 2. The van der Waals surface area contributed by atoms with Crippen molar-refractivity contribution >= 4 is 17.7 Å². The molecule has 3 amide bonds. The van der Waals surface area contributed by atoms with Crippen LogP contribution in [0.1, 0.15) is 45.5 Å². The third-order valence-corrected chi connectivity index (χ3v) is 4.85. The minimum absolute atomic E-state index is 0.283. The number of carbonyl (C=O) groups is 3. The maximum absolute atomic E-state index is 12.9. The van der Waals surface area contributed by atoms with E-state index in [-0.39, 0.29) is 12.3 Å². The van der Waals surface area contributed by atoms with Gasteiger partial charge in [0.05, 0.1) is 11.1 Å². The van der Waals surface area contributed by atoms with Crippen LogP contribution in [0.4, 0.5) is 0 Å². The molecule has 1 aliphatic heterocycles. The lowest BCUT2D eigenvalue weighted by Crippen LogP contribution is -2.50. The van der Waals surface area contributed by atoms with Crippen LogP contribution in [0.2, 0.25) is 0 Å². The van der Waals surface area contributed by atoms with Crippen molar-refractivity contribution < 1.29 is 14.4 Å². The van der Waals surface area contributed by atoms with Gasteiger partial charge in [-0.3, -0.25) is 19.3 Å². The van der Waals surface area contributed by atoms with Gasteiger partial charge in [0.1, 0.15) is 6.04 Å². The third kappa shape index (κ3) is 4.19. The minimum atomic E-state index is -0.880. The number of amides is 3. The fraction of sp³-hybridized carbons (Fsp3) is 0.261. The Kier molecular flexibility index (Phi) is 6.37. The molecular weight excluding hydrogens is 352 g/mol. The molecule has 3 rings (SSSR count). The quantitative estimate of drug-likeness (QED) is 0.415. The molecule has 144 valence electrons. The van der Waals surface area contributed by atoms with Crippen molar-refractivity contribution in [1.29, 1.82) is 0 Å². The van der Waals surface area contributed by atoms with Crippen LogP contribution in [0.3, 0.4) is 0 Å². The average Bonchev–Trinajstić information content (AvgIpc) is 2.97. The number of nitrogens with zero attached hydrogens (tertiary/aromatic N) is 1. The van der Waals surface area contributed by atoms with Gasteiger partial charge in [-0.15, -0.1) is 6.58 Å². The maximum Gasteiger partial charge on any atom is 0.262 e. The van der Waals surface area contributed by atoms with E-state index in [4.69, 9.17) is 0 Å². The molecule has 1 heterocycles. The second kappa shape index (κ2) is 9.13. The third-order valence-electron chi connectivity index (χ3n) is 4.85. The van der Waals surface area contributed by atoms with Gasteiger partial charge in [0, 0.05) is 13.0 Å². The van der Waals surface area contributed by atoms with Crippen molar-refractivity contribution in [3.05, 3.63) is 83.9 Å². The van der Waals surface area contributed by atoms with Crippen molar-refractivity contribution in [1.82, 2.24) is 10.2 Å². The molecule has 0 fully saturated rings. The number of imide groups is 1. The zero-order chi connectivity index (χ0) is 19.9. The molecule has 0 radical (unpaired) electrons. The van der Waals surface area contributed by atoms with Gasteiger partial charge in [0.2, 0.25) is 5.91 Å². The Hall–Kier alpha value is -3.21. The molecule has 5 heteroatoms. The van der Waals surface area contributed by atoms with E-state index < -0.39 is 17.9 Å². The molecule has 1 N–H and O–H groups in total. The van der Waals surface area contributed by atoms with Crippen molar-refractivity contribution in [2.45, 2.75) is 31.7 Å². The van der Waals surface area contributed by atoms with Gasteiger partial charge in [-0.2, -0.15) is 0 Å². The fourth-order valence-corrected chi connectivity index (χ4v) is 3.37. The van der Waals surface area contributed by atoms with Crippen molar-refractivity contribution in [3.63, 3.8) is 0 Å². The number of nitrogens with one attached hydrogen (secondary N) is 1. The molecule has 1 unspecified atom stereocenters. The Morgan fingerprint density at radius 1 is 0.964 bits per heavy atom. The van der Waals surface area contributed by atoms with E-state index in [0.717, 1.165) is 29.7 Å². The van der Waals surface area contributed by atoms with Crippen LogP contribution in [0.25, 0.3) is 0 Å². The summed E-state index contributed by atoms with van der Waals surface area (Å²) in [7, 11) is 0. The summed E-state index contributed by atoms with van der Waals surface area (Å²) in [5, 5.41) is 2.89. The summed E-state index contributed by atoms with van der Waals surface area (Å²) in [4.78, 5) is 39.8. The number of hydrogen-bond acceptors (Lipinski definition) is 3. The second-order valence-corrected chi connectivity index (χ2v) is 6.81. The van der Waals surface area contributed by atoms with Crippen LogP contribution in [-0.2, 0) is 11.2 Å². The molecule has 1 atom stereocenters. The highest BCUT2D eigenvalue weighted by atomic mass is 16.2. The average molecular weight is 376 g/mol. The SMILES string of the molecule is C=CCCCCNC(=O)C(Cc1ccccc1)N1C(=O)c2ccccc2C1=O. The maximum atomic E-state index is 12.9. The Morgan fingerprint density at radius 2 is 1.57 bits per heavy atom. The van der Waals surface area contributed by atoms with Crippen LogP contribution in [0.15, 0.2) is 67.3 Å². The van der Waals surface area contributed by atoms with Crippen molar-refractivity contribution in [2.75, 3.05) is 6.54 Å². The van der Waals surface area contributed by atoms with E-state index in [1.165, 1.54) is 0 Å². The van der Waals surface area contributed by atoms with Crippen LogP contribution in [-0.4, -0.2) is 35.2 Å². The molecule has 0 saturated heterocycles. The molecule has 2 aromatic rings. The summed E-state index contributed by atoms with van der Waals surface area (Å²) < 4.78 is 0. The van der Waals surface area contributed by atoms with E-state index >= 15 is 0 Å². The molecule has 0 bridgehead atoms. The minimum Gasteiger partial charge on any atom is -0.354 e. The zero-order valence-corrected chi connectivity index (χ0v) is 15.8. The van der Waals surface area contributed by atoms with E-state index in [0.29, 0.717) is 17.7 Å². The number of hydrogen-bond donors (Lipinski definition) is 1. The highest BCUT2D eigenvalue weighted by molar-refractivity contribution is 6.22. The predicted octanol–water partition coefficient (Wildman–Crippen LogP) is 3.37.